The Kier molecular flexibility index (Phi) is 4.99. The normalized spacial score (nSPS) is 17.0. The number of hydrogen-bond acceptors (Lipinski definition) is 4. The van der Waals surface area contributed by atoms with Crippen LogP contribution in [0.4, 0.5) is 0 Å². The van der Waals surface area contributed by atoms with Crippen LogP contribution in [0.15, 0.2) is 6.20 Å². The zero-order chi connectivity index (χ0) is 15.5. The maximum Gasteiger partial charge on any atom is 0.170 e. The van der Waals surface area contributed by atoms with Gasteiger partial charge in [-0.25, -0.2) is 0 Å². The molecule has 0 spiro atoms. The average molecular weight is 291 g/mol. The minimum Gasteiger partial charge on any atom is -0.496 e. The molecule has 0 atom stereocenters. The molecule has 2 rings (SSSR count). The molecule has 1 saturated carbocycles. The van der Waals surface area contributed by atoms with Crippen molar-refractivity contribution < 1.29 is 14.3 Å². The molecule has 0 radical (unpaired) electrons. The van der Waals surface area contributed by atoms with E-state index in [0.717, 1.165) is 48.3 Å². The zero-order valence-electron chi connectivity index (χ0n) is 13.5. The van der Waals surface area contributed by atoms with Crippen LogP contribution in [-0.2, 0) is 16.0 Å². The van der Waals surface area contributed by atoms with Crippen LogP contribution in [0, 0.1) is 13.8 Å². The maximum absolute atomic E-state index is 12.8. The number of methoxy groups -OCH3 is 1. The summed E-state index contributed by atoms with van der Waals surface area (Å²) in [6.07, 6.45) is 5.90. The SMILES string of the molecule is CCOC1(C(=O)Cc2ncc(C)c(OC)c2C)CCCC1. The lowest BCUT2D eigenvalue weighted by molar-refractivity contribution is -0.142. The largest absolute Gasteiger partial charge is 0.496 e. The van der Waals surface area contributed by atoms with Crippen LogP contribution in [-0.4, -0.2) is 30.1 Å². The lowest BCUT2D eigenvalue weighted by atomic mass is 9.91. The molecule has 4 nitrogen and oxygen atoms in total. The van der Waals surface area contributed by atoms with E-state index in [1.807, 2.05) is 20.8 Å². The molecule has 0 N–H and O–H groups in total. The zero-order valence-corrected chi connectivity index (χ0v) is 13.5. The minimum absolute atomic E-state index is 0.156. The molecule has 21 heavy (non-hydrogen) atoms. The van der Waals surface area contributed by atoms with E-state index in [2.05, 4.69) is 4.98 Å². The molecule has 0 aromatic carbocycles. The van der Waals surface area contributed by atoms with Gasteiger partial charge in [-0.1, -0.05) is 0 Å². The fourth-order valence-corrected chi connectivity index (χ4v) is 3.29. The quantitative estimate of drug-likeness (QED) is 0.807. The highest BCUT2D eigenvalue weighted by Crippen LogP contribution is 2.35. The van der Waals surface area contributed by atoms with Crippen LogP contribution in [0.25, 0.3) is 0 Å². The van der Waals surface area contributed by atoms with Crippen molar-refractivity contribution in [2.45, 2.75) is 58.5 Å². The summed E-state index contributed by atoms with van der Waals surface area (Å²) in [5, 5.41) is 0. The van der Waals surface area contributed by atoms with Crippen molar-refractivity contribution in [3.8, 4) is 5.75 Å². The molecule has 1 aromatic rings. The first-order valence-corrected chi connectivity index (χ1v) is 7.70. The lowest BCUT2D eigenvalue weighted by Crippen LogP contribution is -2.40. The lowest BCUT2D eigenvalue weighted by Gasteiger charge is -2.27. The molecular formula is C17H25NO3. The number of Topliss-reactive ketones (excluding diaryl/α,β-unsaturated/α-hetero) is 1. The Morgan fingerprint density at radius 1 is 1.33 bits per heavy atom. The van der Waals surface area contributed by atoms with E-state index < -0.39 is 5.60 Å². The molecule has 0 bridgehead atoms. The highest BCUT2D eigenvalue weighted by molar-refractivity contribution is 5.89. The molecule has 4 heteroatoms. The number of hydrogen-bond donors (Lipinski definition) is 0. The van der Waals surface area contributed by atoms with Gasteiger partial charge in [0.1, 0.15) is 11.4 Å². The van der Waals surface area contributed by atoms with Crippen molar-refractivity contribution >= 4 is 5.78 Å². The third kappa shape index (κ3) is 3.10. The van der Waals surface area contributed by atoms with Gasteiger partial charge < -0.3 is 9.47 Å². The number of pyridine rings is 1. The summed E-state index contributed by atoms with van der Waals surface area (Å²) in [6.45, 7) is 6.45. The molecule has 0 unspecified atom stereocenters. The number of nitrogens with zero attached hydrogens (tertiary/aromatic N) is 1. The van der Waals surface area contributed by atoms with Crippen molar-refractivity contribution in [1.82, 2.24) is 4.98 Å². The maximum atomic E-state index is 12.8. The Morgan fingerprint density at radius 2 is 2.00 bits per heavy atom. The van der Waals surface area contributed by atoms with Crippen molar-refractivity contribution in [3.05, 3.63) is 23.0 Å². The number of ketones is 1. The van der Waals surface area contributed by atoms with Gasteiger partial charge >= 0.3 is 0 Å². The fourth-order valence-electron chi connectivity index (χ4n) is 3.29. The topological polar surface area (TPSA) is 48.4 Å². The molecular weight excluding hydrogens is 266 g/mol. The Balaban J connectivity index is 2.23. The highest BCUT2D eigenvalue weighted by Gasteiger charge is 2.41. The van der Waals surface area contributed by atoms with Gasteiger partial charge in [0.05, 0.1) is 19.2 Å². The van der Waals surface area contributed by atoms with Crippen molar-refractivity contribution in [1.29, 1.82) is 0 Å². The van der Waals surface area contributed by atoms with E-state index in [1.54, 1.807) is 13.3 Å². The smallest absolute Gasteiger partial charge is 0.170 e. The van der Waals surface area contributed by atoms with Gasteiger partial charge in [-0.3, -0.25) is 9.78 Å². The molecule has 0 aliphatic heterocycles. The van der Waals surface area contributed by atoms with Crippen molar-refractivity contribution in [2.75, 3.05) is 13.7 Å². The van der Waals surface area contributed by atoms with Crippen LogP contribution < -0.4 is 4.74 Å². The number of aryl methyl sites for hydroxylation is 1. The van der Waals surface area contributed by atoms with Crippen LogP contribution in [0.3, 0.4) is 0 Å². The third-order valence-corrected chi connectivity index (χ3v) is 4.42. The van der Waals surface area contributed by atoms with Crippen LogP contribution in [0.2, 0.25) is 0 Å². The van der Waals surface area contributed by atoms with E-state index in [1.165, 1.54) is 0 Å². The van der Waals surface area contributed by atoms with Crippen molar-refractivity contribution in [3.63, 3.8) is 0 Å². The molecule has 1 aromatic heterocycles. The van der Waals surface area contributed by atoms with Gasteiger partial charge in [-0.15, -0.1) is 0 Å². The van der Waals surface area contributed by atoms with Gasteiger partial charge in [-0.2, -0.15) is 0 Å². The van der Waals surface area contributed by atoms with Crippen LogP contribution in [0.5, 0.6) is 5.75 Å². The Morgan fingerprint density at radius 3 is 2.57 bits per heavy atom. The summed E-state index contributed by atoms with van der Waals surface area (Å²) in [5.74, 6) is 0.980. The van der Waals surface area contributed by atoms with E-state index in [0.29, 0.717) is 13.0 Å². The fraction of sp³-hybridized carbons (Fsp3) is 0.647. The molecule has 0 saturated heterocycles. The van der Waals surface area contributed by atoms with Crippen LogP contribution >= 0.6 is 0 Å². The van der Waals surface area contributed by atoms with Gasteiger partial charge in [0.2, 0.25) is 0 Å². The summed E-state index contributed by atoms with van der Waals surface area (Å²) in [7, 11) is 1.65. The van der Waals surface area contributed by atoms with E-state index in [9.17, 15) is 4.79 Å². The van der Waals surface area contributed by atoms with E-state index in [4.69, 9.17) is 9.47 Å². The minimum atomic E-state index is -0.582. The van der Waals surface area contributed by atoms with Gasteiger partial charge in [0.25, 0.3) is 0 Å². The van der Waals surface area contributed by atoms with Gasteiger partial charge in [0.15, 0.2) is 5.78 Å². The van der Waals surface area contributed by atoms with Crippen LogP contribution in [0.1, 0.15) is 49.4 Å². The summed E-state index contributed by atoms with van der Waals surface area (Å²) < 4.78 is 11.2. The summed E-state index contributed by atoms with van der Waals surface area (Å²) >= 11 is 0. The first kappa shape index (κ1) is 16.0. The molecule has 116 valence electrons. The molecule has 1 heterocycles. The predicted molar refractivity (Wildman–Crippen MR) is 81.8 cm³/mol. The Hall–Kier alpha value is -1.42. The third-order valence-electron chi connectivity index (χ3n) is 4.42. The van der Waals surface area contributed by atoms with Gasteiger partial charge in [0, 0.05) is 23.9 Å². The first-order valence-electron chi connectivity index (χ1n) is 7.70. The average Bonchev–Trinajstić information content (AvgIpc) is 2.93. The second-order valence-corrected chi connectivity index (χ2v) is 5.78. The number of ether oxygens (including phenoxy) is 2. The summed E-state index contributed by atoms with van der Waals surface area (Å²) in [6, 6.07) is 0. The van der Waals surface area contributed by atoms with Crippen molar-refractivity contribution in [2.24, 2.45) is 0 Å². The second kappa shape index (κ2) is 6.56. The number of rotatable bonds is 6. The number of carbonyl (C=O) groups excluding carboxylic acids is 1. The standard InChI is InChI=1S/C17H25NO3/c1-5-21-17(8-6-7-9-17)15(19)10-14-13(3)16(20-4)12(2)11-18-14/h11H,5-10H2,1-4H3. The summed E-state index contributed by atoms with van der Waals surface area (Å²) in [4.78, 5) is 17.2. The number of aromatic nitrogens is 1. The first-order chi connectivity index (χ1) is 10.0. The van der Waals surface area contributed by atoms with Gasteiger partial charge in [-0.05, 0) is 46.5 Å². The summed E-state index contributed by atoms with van der Waals surface area (Å²) in [5.41, 5.74) is 2.16. The molecule has 1 fully saturated rings. The van der Waals surface area contributed by atoms with E-state index in [-0.39, 0.29) is 5.78 Å². The Labute approximate surface area is 126 Å². The Bertz CT molecular complexity index is 519. The predicted octanol–water partition coefficient (Wildman–Crippen LogP) is 3.17. The number of carbonyl (C=O) groups is 1. The second-order valence-electron chi connectivity index (χ2n) is 5.78. The highest BCUT2D eigenvalue weighted by atomic mass is 16.5. The molecule has 0 amide bonds. The molecule has 1 aliphatic carbocycles. The molecule has 1 aliphatic rings. The monoisotopic (exact) mass is 291 g/mol. The van der Waals surface area contributed by atoms with E-state index >= 15 is 0 Å².